The largest absolute Gasteiger partial charge is 0.507 e. The molecule has 0 radical (unpaired) electrons. The molecule has 156 valence electrons. The lowest BCUT2D eigenvalue weighted by Crippen LogP contribution is -2.19. The van der Waals surface area contributed by atoms with Crippen LogP contribution in [0, 0.1) is 0 Å². The topological polar surface area (TPSA) is 149 Å². The lowest BCUT2D eigenvalue weighted by molar-refractivity contribution is 0.0879. The third-order valence-electron chi connectivity index (χ3n) is 4.56. The molecule has 9 nitrogen and oxygen atoms in total. The van der Waals surface area contributed by atoms with Crippen molar-refractivity contribution in [2.75, 3.05) is 0 Å². The number of nitrogens with zero attached hydrogens (tertiary/aromatic N) is 1. The van der Waals surface area contributed by atoms with Crippen LogP contribution in [0.1, 0.15) is 20.7 Å². The highest BCUT2D eigenvalue weighted by Gasteiger charge is 2.29. The lowest BCUT2D eigenvalue weighted by atomic mass is 10.0. The first kappa shape index (κ1) is 20.3. The molecule has 1 aliphatic rings. The number of hydrogen-bond donors (Lipinski definition) is 4. The summed E-state index contributed by atoms with van der Waals surface area (Å²) in [6.45, 7) is 0. The normalized spacial score (nSPS) is 12.8. The minimum Gasteiger partial charge on any atom is -0.507 e. The maximum Gasteiger partial charge on any atom is 0.328 e. The summed E-state index contributed by atoms with van der Waals surface area (Å²) in [6, 6.07) is 19.3. The van der Waals surface area contributed by atoms with E-state index in [0.717, 1.165) is 11.1 Å². The fraction of sp³-hybridized carbons (Fsp3) is 0. The Morgan fingerprint density at radius 1 is 0.806 bits per heavy atom. The standard InChI is InChI=1S/C13H10N2O3S.C8H5NO3/c16-19(17,18)13-14-11-8-4-7-10(12(11)15-13)9-5-2-1-3-6-9;10-5-3-1-2-4-6(5)8(12)9-7(4)11/h1-8H,(H,14,15)(H,16,17,18);1-3,10H,(H,9,11,12). The monoisotopic (exact) mass is 437 g/mol. The SMILES string of the molecule is O=C1NC(=O)c2c(O)cccc21.O=S(=O)(O)c1nc2c(-c3ccccc3)cccc2[nH]1. The molecule has 10 heteroatoms. The van der Waals surface area contributed by atoms with E-state index in [0.29, 0.717) is 11.0 Å². The number of phenols is 1. The summed E-state index contributed by atoms with van der Waals surface area (Å²) in [4.78, 5) is 28.6. The second kappa shape index (κ2) is 7.67. The number of amides is 2. The molecule has 0 saturated carbocycles. The van der Waals surface area contributed by atoms with Crippen molar-refractivity contribution in [1.29, 1.82) is 0 Å². The molecule has 0 bridgehead atoms. The molecule has 2 amide bonds. The molecule has 3 aromatic carbocycles. The van der Waals surface area contributed by atoms with Gasteiger partial charge in [0.15, 0.2) is 0 Å². The summed E-state index contributed by atoms with van der Waals surface area (Å²) in [5.74, 6) is -1.14. The molecule has 1 aliphatic heterocycles. The van der Waals surface area contributed by atoms with Crippen LogP contribution in [0.5, 0.6) is 5.75 Å². The van der Waals surface area contributed by atoms with Gasteiger partial charge < -0.3 is 10.1 Å². The summed E-state index contributed by atoms with van der Waals surface area (Å²) in [7, 11) is -4.33. The van der Waals surface area contributed by atoms with Gasteiger partial charge in [-0.05, 0) is 23.8 Å². The van der Waals surface area contributed by atoms with Gasteiger partial charge in [0.2, 0.25) is 0 Å². The van der Waals surface area contributed by atoms with Crippen LogP contribution in [0.15, 0.2) is 71.9 Å². The second-order valence-electron chi connectivity index (χ2n) is 6.57. The van der Waals surface area contributed by atoms with Crippen LogP contribution in [-0.2, 0) is 10.1 Å². The number of carbonyl (C=O) groups excluding carboxylic acids is 2. The Hall–Kier alpha value is -4.02. The molecule has 0 atom stereocenters. The van der Waals surface area contributed by atoms with Crippen LogP contribution in [-0.4, -0.2) is 39.9 Å². The average molecular weight is 437 g/mol. The summed E-state index contributed by atoms with van der Waals surface area (Å²) in [6.07, 6.45) is 0. The van der Waals surface area contributed by atoms with Gasteiger partial charge in [-0.2, -0.15) is 8.42 Å². The fourth-order valence-corrected chi connectivity index (χ4v) is 3.63. The van der Waals surface area contributed by atoms with Gasteiger partial charge in [-0.25, -0.2) is 4.98 Å². The number of aromatic hydroxyl groups is 1. The van der Waals surface area contributed by atoms with Crippen molar-refractivity contribution in [3.63, 3.8) is 0 Å². The van der Waals surface area contributed by atoms with E-state index in [2.05, 4.69) is 15.3 Å². The number of phenolic OH excluding ortho intramolecular Hbond substituents is 1. The molecule has 31 heavy (non-hydrogen) atoms. The number of imide groups is 1. The minimum atomic E-state index is -4.33. The number of rotatable bonds is 2. The van der Waals surface area contributed by atoms with E-state index in [1.165, 1.54) is 18.2 Å². The molecular formula is C21H15N3O6S. The van der Waals surface area contributed by atoms with Gasteiger partial charge in [0.25, 0.3) is 17.0 Å². The highest BCUT2D eigenvalue weighted by Crippen LogP contribution is 2.28. The van der Waals surface area contributed by atoms with Crippen LogP contribution in [0.25, 0.3) is 22.2 Å². The highest BCUT2D eigenvalue weighted by atomic mass is 32.2. The van der Waals surface area contributed by atoms with Crippen LogP contribution >= 0.6 is 0 Å². The molecule has 1 aromatic heterocycles. The van der Waals surface area contributed by atoms with Crippen molar-refractivity contribution in [3.05, 3.63) is 77.9 Å². The highest BCUT2D eigenvalue weighted by molar-refractivity contribution is 7.85. The van der Waals surface area contributed by atoms with E-state index in [-0.39, 0.29) is 16.9 Å². The number of fused-ring (bicyclic) bond motifs is 2. The zero-order valence-corrected chi connectivity index (χ0v) is 16.6. The molecule has 0 fully saturated rings. The maximum atomic E-state index is 11.1. The van der Waals surface area contributed by atoms with Gasteiger partial charge in [-0.1, -0.05) is 48.5 Å². The zero-order valence-electron chi connectivity index (χ0n) is 15.7. The van der Waals surface area contributed by atoms with E-state index >= 15 is 0 Å². The van der Waals surface area contributed by atoms with E-state index in [1.54, 1.807) is 12.1 Å². The summed E-state index contributed by atoms with van der Waals surface area (Å²) >= 11 is 0. The molecular weight excluding hydrogens is 422 g/mol. The molecule has 4 aromatic rings. The number of aromatic nitrogens is 2. The Labute approximate surface area is 176 Å². The molecule has 2 heterocycles. The van der Waals surface area contributed by atoms with Crippen molar-refractivity contribution < 1.29 is 27.7 Å². The van der Waals surface area contributed by atoms with E-state index < -0.39 is 27.1 Å². The maximum absolute atomic E-state index is 11.1. The van der Waals surface area contributed by atoms with Gasteiger partial charge in [0.1, 0.15) is 5.75 Å². The van der Waals surface area contributed by atoms with Crippen molar-refractivity contribution >= 4 is 33.0 Å². The molecule has 0 aliphatic carbocycles. The first-order valence-corrected chi connectivity index (χ1v) is 10.4. The predicted octanol–water partition coefficient (Wildman–Crippen LogP) is 2.75. The molecule has 0 spiro atoms. The van der Waals surface area contributed by atoms with Crippen molar-refractivity contribution in [2.45, 2.75) is 5.16 Å². The summed E-state index contributed by atoms with van der Waals surface area (Å²) in [5, 5.41) is 10.9. The van der Waals surface area contributed by atoms with Crippen molar-refractivity contribution in [1.82, 2.24) is 15.3 Å². The average Bonchev–Trinajstić information content (AvgIpc) is 3.31. The Bertz CT molecular complexity index is 1430. The second-order valence-corrected chi connectivity index (χ2v) is 7.90. The first-order chi connectivity index (χ1) is 14.8. The Balaban J connectivity index is 0.000000166. The number of imidazole rings is 1. The number of para-hydroxylation sites is 1. The van der Waals surface area contributed by atoms with Gasteiger partial charge in [0, 0.05) is 5.56 Å². The number of benzene rings is 3. The Kier molecular flexibility index (Phi) is 5.01. The van der Waals surface area contributed by atoms with Gasteiger partial charge in [-0.15, -0.1) is 0 Å². The third kappa shape index (κ3) is 3.89. The quantitative estimate of drug-likeness (QED) is 0.278. The zero-order chi connectivity index (χ0) is 22.2. The first-order valence-electron chi connectivity index (χ1n) is 8.95. The van der Waals surface area contributed by atoms with Gasteiger partial charge in [-0.3, -0.25) is 19.5 Å². The van der Waals surface area contributed by atoms with E-state index in [4.69, 9.17) is 4.55 Å². The molecule has 5 rings (SSSR count). The molecule has 0 saturated heterocycles. The minimum absolute atomic E-state index is 0.0718. The Morgan fingerprint density at radius 3 is 2.16 bits per heavy atom. The van der Waals surface area contributed by atoms with Crippen molar-refractivity contribution in [3.8, 4) is 16.9 Å². The third-order valence-corrected chi connectivity index (χ3v) is 5.24. The van der Waals surface area contributed by atoms with E-state index in [9.17, 15) is 23.1 Å². The van der Waals surface area contributed by atoms with Gasteiger partial charge >= 0.3 is 10.1 Å². The lowest BCUT2D eigenvalue weighted by Gasteiger charge is -2.01. The van der Waals surface area contributed by atoms with E-state index in [1.807, 2.05) is 36.4 Å². The number of nitrogens with one attached hydrogen (secondary N) is 2. The summed E-state index contributed by atoms with van der Waals surface area (Å²) < 4.78 is 31.3. The predicted molar refractivity (Wildman–Crippen MR) is 111 cm³/mol. The van der Waals surface area contributed by atoms with Crippen LogP contribution in [0.2, 0.25) is 0 Å². The van der Waals surface area contributed by atoms with Gasteiger partial charge in [0.05, 0.1) is 22.2 Å². The fourth-order valence-electron chi connectivity index (χ4n) is 3.18. The van der Waals surface area contributed by atoms with Crippen molar-refractivity contribution in [2.24, 2.45) is 0 Å². The number of carbonyl (C=O) groups is 2. The molecule has 4 N–H and O–H groups in total. The van der Waals surface area contributed by atoms with Crippen LogP contribution in [0.3, 0.4) is 0 Å². The van der Waals surface area contributed by atoms with Crippen LogP contribution in [0.4, 0.5) is 0 Å². The number of aromatic amines is 1. The smallest absolute Gasteiger partial charge is 0.328 e. The van der Waals surface area contributed by atoms with Crippen LogP contribution < -0.4 is 5.32 Å². The molecule has 0 unspecified atom stereocenters. The Morgan fingerprint density at radius 2 is 1.48 bits per heavy atom. The summed E-state index contributed by atoms with van der Waals surface area (Å²) in [5.41, 5.74) is 3.13. The number of H-pyrrole nitrogens is 1. The number of hydrogen-bond acceptors (Lipinski definition) is 6.